The summed E-state index contributed by atoms with van der Waals surface area (Å²) in [5.74, 6) is 0.0803. The number of halogens is 2. The van der Waals surface area contributed by atoms with E-state index in [1.165, 1.54) is 12.3 Å². The Morgan fingerprint density at radius 1 is 1.35 bits per heavy atom. The van der Waals surface area contributed by atoms with Gasteiger partial charge >= 0.3 is 0 Å². The van der Waals surface area contributed by atoms with Crippen LogP contribution in [0.25, 0.3) is 0 Å². The van der Waals surface area contributed by atoms with Gasteiger partial charge in [0.1, 0.15) is 12.7 Å². The minimum atomic E-state index is 0.0520. The topological polar surface area (TPSA) is 75.9 Å². The minimum absolute atomic E-state index is 0.0520. The molecule has 0 saturated heterocycles. The lowest BCUT2D eigenvalue weighted by atomic mass is 10.2. The Morgan fingerprint density at radius 2 is 2.15 bits per heavy atom. The number of nitrogens with zero attached hydrogens (tertiary/aromatic N) is 3. The second-order valence-electron chi connectivity index (χ2n) is 3.76. The summed E-state index contributed by atoms with van der Waals surface area (Å²) in [6, 6.07) is 4.98. The summed E-state index contributed by atoms with van der Waals surface area (Å²) in [7, 11) is 0. The molecule has 0 fully saturated rings. The normalized spacial score (nSPS) is 9.85. The Bertz CT molecular complexity index is 699. The molecule has 5 nitrogen and oxygen atoms in total. The van der Waals surface area contributed by atoms with Crippen LogP contribution in [0.1, 0.15) is 21.5 Å². The van der Waals surface area contributed by atoms with E-state index < -0.39 is 0 Å². The number of hydrogen-bond donors (Lipinski definition) is 0. The molecule has 2 aromatic rings. The molecule has 0 N–H and O–H groups in total. The van der Waals surface area contributed by atoms with Crippen LogP contribution in [0.2, 0.25) is 10.2 Å². The van der Waals surface area contributed by atoms with Gasteiger partial charge in [-0.25, -0.2) is 0 Å². The summed E-state index contributed by atoms with van der Waals surface area (Å²) < 4.78 is 5.41. The van der Waals surface area contributed by atoms with Gasteiger partial charge in [-0.2, -0.15) is 10.2 Å². The van der Waals surface area contributed by atoms with Crippen molar-refractivity contribution in [1.29, 1.82) is 5.26 Å². The highest BCUT2D eigenvalue weighted by Crippen LogP contribution is 2.26. The van der Waals surface area contributed by atoms with Crippen LogP contribution in [0.5, 0.6) is 5.88 Å². The largest absolute Gasteiger partial charge is 0.472 e. The van der Waals surface area contributed by atoms with Gasteiger partial charge in [0.15, 0.2) is 11.4 Å². The monoisotopic (exact) mass is 307 g/mol. The highest BCUT2D eigenvalue weighted by molar-refractivity contribution is 6.41. The van der Waals surface area contributed by atoms with Crippen molar-refractivity contribution in [3.63, 3.8) is 0 Å². The highest BCUT2D eigenvalue weighted by Gasteiger charge is 2.10. The molecule has 2 aromatic heterocycles. The molecule has 0 aromatic carbocycles. The lowest BCUT2D eigenvalue weighted by molar-refractivity contribution is 0.111. The van der Waals surface area contributed by atoms with Crippen molar-refractivity contribution in [2.75, 3.05) is 0 Å². The fourth-order valence-electron chi connectivity index (χ4n) is 1.44. The summed E-state index contributed by atoms with van der Waals surface area (Å²) >= 11 is 11.5. The molecule has 0 aliphatic heterocycles. The number of hydrogen-bond acceptors (Lipinski definition) is 5. The number of rotatable bonds is 4. The van der Waals surface area contributed by atoms with E-state index in [-0.39, 0.29) is 28.2 Å². The van der Waals surface area contributed by atoms with Gasteiger partial charge in [0, 0.05) is 18.0 Å². The summed E-state index contributed by atoms with van der Waals surface area (Å²) in [5, 5.41) is 9.00. The number of nitriles is 1. The number of aldehydes is 1. The average Bonchev–Trinajstić information content (AvgIpc) is 2.48. The van der Waals surface area contributed by atoms with E-state index >= 15 is 0 Å². The van der Waals surface area contributed by atoms with E-state index in [9.17, 15) is 4.79 Å². The number of ether oxygens (including phenoxy) is 1. The van der Waals surface area contributed by atoms with E-state index in [2.05, 4.69) is 9.97 Å². The van der Waals surface area contributed by atoms with E-state index in [1.54, 1.807) is 12.3 Å². The molecule has 0 amide bonds. The number of carbonyl (C=O) groups is 1. The van der Waals surface area contributed by atoms with Gasteiger partial charge in [-0.05, 0) is 12.1 Å². The van der Waals surface area contributed by atoms with E-state index in [1.807, 2.05) is 6.07 Å². The quantitative estimate of drug-likeness (QED) is 0.641. The van der Waals surface area contributed by atoms with Gasteiger partial charge in [-0.15, -0.1) is 0 Å². The van der Waals surface area contributed by atoms with E-state index in [0.717, 1.165) is 0 Å². The lowest BCUT2D eigenvalue weighted by Crippen LogP contribution is -2.02. The van der Waals surface area contributed by atoms with Crippen LogP contribution in [0.15, 0.2) is 24.5 Å². The first-order chi connectivity index (χ1) is 9.63. The smallest absolute Gasteiger partial charge is 0.225 e. The van der Waals surface area contributed by atoms with E-state index in [0.29, 0.717) is 17.4 Å². The van der Waals surface area contributed by atoms with Gasteiger partial charge < -0.3 is 4.74 Å². The fraction of sp³-hybridized carbons (Fsp3) is 0.0769. The van der Waals surface area contributed by atoms with Crippen LogP contribution >= 0.6 is 23.2 Å². The highest BCUT2D eigenvalue weighted by atomic mass is 35.5. The maximum absolute atomic E-state index is 10.9. The molecule has 0 spiro atoms. The second-order valence-corrected chi connectivity index (χ2v) is 4.52. The van der Waals surface area contributed by atoms with Crippen molar-refractivity contribution in [2.45, 2.75) is 6.61 Å². The third kappa shape index (κ3) is 3.23. The van der Waals surface area contributed by atoms with Gasteiger partial charge in [0.25, 0.3) is 0 Å². The SMILES string of the molecule is N#Cc1cncc(COc2nc(Cl)c(Cl)cc2C=O)c1. The molecule has 100 valence electrons. The molecule has 7 heteroatoms. The number of carbonyl (C=O) groups excluding carboxylic acids is 1. The Kier molecular flexibility index (Phi) is 4.51. The maximum Gasteiger partial charge on any atom is 0.225 e. The van der Waals surface area contributed by atoms with Crippen LogP contribution < -0.4 is 4.74 Å². The molecular formula is C13H7Cl2N3O2. The van der Waals surface area contributed by atoms with Crippen molar-refractivity contribution < 1.29 is 9.53 Å². The lowest BCUT2D eigenvalue weighted by Gasteiger charge is -2.08. The fourth-order valence-corrected chi connectivity index (χ4v) is 1.74. The molecule has 0 saturated carbocycles. The predicted molar refractivity (Wildman–Crippen MR) is 72.9 cm³/mol. The Labute approximate surface area is 124 Å². The Morgan fingerprint density at radius 3 is 2.85 bits per heavy atom. The maximum atomic E-state index is 10.9. The van der Waals surface area contributed by atoms with Gasteiger partial charge in [-0.1, -0.05) is 23.2 Å². The summed E-state index contributed by atoms with van der Waals surface area (Å²) in [5.41, 5.74) is 1.29. The number of aromatic nitrogens is 2. The molecule has 0 unspecified atom stereocenters. The van der Waals surface area contributed by atoms with Crippen molar-refractivity contribution in [3.8, 4) is 11.9 Å². The van der Waals surface area contributed by atoms with Crippen LogP contribution in [0.4, 0.5) is 0 Å². The summed E-state index contributed by atoms with van der Waals surface area (Å²) in [6.45, 7) is 0.105. The molecule has 2 heterocycles. The average molecular weight is 308 g/mol. The van der Waals surface area contributed by atoms with Gasteiger partial charge in [0.05, 0.1) is 16.1 Å². The van der Waals surface area contributed by atoms with Crippen molar-refractivity contribution in [1.82, 2.24) is 9.97 Å². The molecule has 2 rings (SSSR count). The standard InChI is InChI=1S/C13H7Cl2N3O2/c14-11-2-10(6-19)13(18-12(11)15)20-7-9-1-8(3-16)4-17-5-9/h1-2,4-6H,7H2. The molecule has 0 atom stereocenters. The van der Waals surface area contributed by atoms with Gasteiger partial charge in [-0.3, -0.25) is 9.78 Å². The zero-order valence-corrected chi connectivity index (χ0v) is 11.5. The predicted octanol–water partition coefficient (Wildman–Crippen LogP) is 3.05. The Balaban J connectivity index is 2.20. The second kappa shape index (κ2) is 6.33. The third-order valence-electron chi connectivity index (χ3n) is 2.35. The number of pyridine rings is 2. The first-order valence-corrected chi connectivity index (χ1v) is 6.17. The molecular weight excluding hydrogens is 301 g/mol. The molecule has 0 radical (unpaired) electrons. The van der Waals surface area contributed by atoms with Crippen molar-refractivity contribution in [2.24, 2.45) is 0 Å². The van der Waals surface area contributed by atoms with Crippen LogP contribution in [0, 0.1) is 11.3 Å². The first kappa shape index (κ1) is 14.3. The summed E-state index contributed by atoms with van der Waals surface area (Å²) in [6.07, 6.45) is 3.57. The zero-order valence-electron chi connectivity index (χ0n) is 10.0. The first-order valence-electron chi connectivity index (χ1n) is 5.42. The van der Waals surface area contributed by atoms with Crippen LogP contribution in [0.3, 0.4) is 0 Å². The molecule has 0 aliphatic carbocycles. The van der Waals surface area contributed by atoms with Gasteiger partial charge in [0.2, 0.25) is 5.88 Å². The third-order valence-corrected chi connectivity index (χ3v) is 3.03. The molecule has 0 aliphatic rings. The zero-order chi connectivity index (χ0) is 14.5. The van der Waals surface area contributed by atoms with Crippen molar-refractivity contribution >= 4 is 29.5 Å². The van der Waals surface area contributed by atoms with Crippen molar-refractivity contribution in [3.05, 3.63) is 51.4 Å². The Hall–Kier alpha value is -2.16. The summed E-state index contributed by atoms with van der Waals surface area (Å²) in [4.78, 5) is 18.7. The van der Waals surface area contributed by atoms with Crippen LogP contribution in [-0.2, 0) is 6.61 Å². The molecule has 20 heavy (non-hydrogen) atoms. The van der Waals surface area contributed by atoms with Crippen LogP contribution in [-0.4, -0.2) is 16.3 Å². The van der Waals surface area contributed by atoms with E-state index in [4.69, 9.17) is 33.2 Å². The minimum Gasteiger partial charge on any atom is -0.472 e. The molecule has 0 bridgehead atoms.